The van der Waals surface area contributed by atoms with Gasteiger partial charge >= 0.3 is 0 Å². The standard InChI is InChI=1S/C19H25F2NO4/c20-13-9-14(21)11-17(10-13)26-16-3-1-15(2-4-16)22-18(24)19(12-23)5-7-25-8-6-19/h9-11,15-16,23H,1-8,12H2,(H,22,24). The van der Waals surface area contributed by atoms with Crippen molar-refractivity contribution in [2.45, 2.75) is 50.7 Å². The van der Waals surface area contributed by atoms with Crippen LogP contribution < -0.4 is 10.1 Å². The van der Waals surface area contributed by atoms with E-state index in [-0.39, 0.29) is 30.4 Å². The summed E-state index contributed by atoms with van der Waals surface area (Å²) in [5, 5.41) is 12.7. The molecule has 1 aromatic rings. The van der Waals surface area contributed by atoms with E-state index >= 15 is 0 Å². The second-order valence-corrected chi connectivity index (χ2v) is 7.22. The molecule has 3 rings (SSSR count). The molecule has 2 N–H and O–H groups in total. The van der Waals surface area contributed by atoms with Gasteiger partial charge in [-0.15, -0.1) is 0 Å². The van der Waals surface area contributed by atoms with Gasteiger partial charge in [-0.25, -0.2) is 8.78 Å². The maximum absolute atomic E-state index is 13.2. The van der Waals surface area contributed by atoms with Crippen LogP contribution in [0.3, 0.4) is 0 Å². The Morgan fingerprint density at radius 1 is 1.15 bits per heavy atom. The molecule has 0 atom stereocenters. The smallest absolute Gasteiger partial charge is 0.228 e. The van der Waals surface area contributed by atoms with E-state index < -0.39 is 17.0 Å². The van der Waals surface area contributed by atoms with Crippen molar-refractivity contribution < 1.29 is 28.2 Å². The third-order valence-electron chi connectivity index (χ3n) is 5.38. The zero-order valence-electron chi connectivity index (χ0n) is 14.7. The molecule has 1 aromatic carbocycles. The van der Waals surface area contributed by atoms with Crippen LogP contribution in [-0.4, -0.2) is 43.0 Å². The van der Waals surface area contributed by atoms with Gasteiger partial charge in [-0.2, -0.15) is 0 Å². The molecular weight excluding hydrogens is 344 g/mol. The van der Waals surface area contributed by atoms with Crippen LogP contribution in [-0.2, 0) is 9.53 Å². The molecule has 0 radical (unpaired) electrons. The summed E-state index contributed by atoms with van der Waals surface area (Å²) in [5.41, 5.74) is -0.745. The van der Waals surface area contributed by atoms with Gasteiger partial charge in [-0.3, -0.25) is 4.79 Å². The number of benzene rings is 1. The van der Waals surface area contributed by atoms with Crippen molar-refractivity contribution in [2.75, 3.05) is 19.8 Å². The third-order valence-corrected chi connectivity index (χ3v) is 5.38. The summed E-state index contributed by atoms with van der Waals surface area (Å²) in [6, 6.07) is 3.19. The van der Waals surface area contributed by atoms with Crippen LogP contribution in [0.15, 0.2) is 18.2 Å². The first-order chi connectivity index (χ1) is 12.5. The number of ether oxygens (including phenoxy) is 2. The average Bonchev–Trinajstić information content (AvgIpc) is 2.63. The molecule has 0 aromatic heterocycles. The average molecular weight is 369 g/mol. The number of amides is 1. The Labute approximate surface area is 151 Å². The van der Waals surface area contributed by atoms with Crippen LogP contribution in [0.5, 0.6) is 5.75 Å². The number of aliphatic hydroxyl groups excluding tert-OH is 1. The second kappa shape index (κ2) is 8.31. The van der Waals surface area contributed by atoms with Crippen molar-refractivity contribution in [1.82, 2.24) is 5.32 Å². The predicted molar refractivity (Wildman–Crippen MR) is 90.7 cm³/mol. The lowest BCUT2D eigenvalue weighted by molar-refractivity contribution is -0.141. The zero-order chi connectivity index (χ0) is 18.6. The van der Waals surface area contributed by atoms with Gasteiger partial charge in [0, 0.05) is 37.5 Å². The normalized spacial score (nSPS) is 25.5. The molecule has 1 amide bonds. The fourth-order valence-corrected chi connectivity index (χ4v) is 3.67. The van der Waals surface area contributed by atoms with Crippen LogP contribution in [0.1, 0.15) is 38.5 Å². The highest BCUT2D eigenvalue weighted by Gasteiger charge is 2.40. The van der Waals surface area contributed by atoms with E-state index in [0.29, 0.717) is 38.9 Å². The van der Waals surface area contributed by atoms with Gasteiger partial charge < -0.3 is 19.9 Å². The van der Waals surface area contributed by atoms with Gasteiger partial charge in [0.2, 0.25) is 5.91 Å². The van der Waals surface area contributed by atoms with Gasteiger partial charge in [0.1, 0.15) is 17.4 Å². The summed E-state index contributed by atoms with van der Waals surface area (Å²) in [6.07, 6.45) is 3.77. The number of nitrogens with one attached hydrogen (secondary N) is 1. The van der Waals surface area contributed by atoms with Crippen LogP contribution in [0.2, 0.25) is 0 Å². The number of carbonyl (C=O) groups excluding carboxylic acids is 1. The first-order valence-electron chi connectivity index (χ1n) is 9.13. The Morgan fingerprint density at radius 3 is 2.35 bits per heavy atom. The fraction of sp³-hybridized carbons (Fsp3) is 0.632. The van der Waals surface area contributed by atoms with Crippen LogP contribution >= 0.6 is 0 Å². The van der Waals surface area contributed by atoms with E-state index in [1.807, 2.05) is 0 Å². The summed E-state index contributed by atoms with van der Waals surface area (Å²) in [4.78, 5) is 12.6. The minimum Gasteiger partial charge on any atom is -0.490 e. The molecule has 1 saturated carbocycles. The van der Waals surface area contributed by atoms with Crippen molar-refractivity contribution in [3.05, 3.63) is 29.8 Å². The number of halogens is 2. The Morgan fingerprint density at radius 2 is 1.77 bits per heavy atom. The number of hydrogen-bond acceptors (Lipinski definition) is 4. The molecule has 26 heavy (non-hydrogen) atoms. The molecule has 5 nitrogen and oxygen atoms in total. The summed E-state index contributed by atoms with van der Waals surface area (Å²) >= 11 is 0. The predicted octanol–water partition coefficient (Wildman–Crippen LogP) is 2.56. The summed E-state index contributed by atoms with van der Waals surface area (Å²) in [6.45, 7) is 0.795. The van der Waals surface area contributed by atoms with Gasteiger partial charge in [-0.05, 0) is 38.5 Å². The number of hydrogen-bond donors (Lipinski definition) is 2. The van der Waals surface area contributed by atoms with E-state index in [1.54, 1.807) is 0 Å². The third kappa shape index (κ3) is 4.51. The molecule has 1 heterocycles. The molecule has 0 spiro atoms. The largest absolute Gasteiger partial charge is 0.490 e. The summed E-state index contributed by atoms with van der Waals surface area (Å²) in [7, 11) is 0. The molecule has 0 unspecified atom stereocenters. The summed E-state index contributed by atoms with van der Waals surface area (Å²) in [5.74, 6) is -1.24. The minimum atomic E-state index is -0.745. The van der Waals surface area contributed by atoms with Crippen molar-refractivity contribution in [3.63, 3.8) is 0 Å². The highest BCUT2D eigenvalue weighted by Crippen LogP contribution is 2.31. The first-order valence-corrected chi connectivity index (χ1v) is 9.13. The van der Waals surface area contributed by atoms with Crippen molar-refractivity contribution >= 4 is 5.91 Å². The maximum Gasteiger partial charge on any atom is 0.228 e. The topological polar surface area (TPSA) is 67.8 Å². The molecule has 1 aliphatic carbocycles. The molecule has 0 bridgehead atoms. The summed E-state index contributed by atoms with van der Waals surface area (Å²) < 4.78 is 37.4. The highest BCUT2D eigenvalue weighted by molar-refractivity contribution is 5.83. The van der Waals surface area contributed by atoms with Crippen LogP contribution in [0, 0.1) is 17.0 Å². The van der Waals surface area contributed by atoms with Crippen molar-refractivity contribution in [2.24, 2.45) is 5.41 Å². The van der Waals surface area contributed by atoms with E-state index in [1.165, 1.54) is 12.1 Å². The fourth-order valence-electron chi connectivity index (χ4n) is 3.67. The van der Waals surface area contributed by atoms with Crippen LogP contribution in [0.25, 0.3) is 0 Å². The second-order valence-electron chi connectivity index (χ2n) is 7.22. The Hall–Kier alpha value is -1.73. The lowest BCUT2D eigenvalue weighted by Crippen LogP contribution is -2.51. The first kappa shape index (κ1) is 19.0. The van der Waals surface area contributed by atoms with Crippen molar-refractivity contribution in [1.29, 1.82) is 0 Å². The minimum absolute atomic E-state index is 0.0258. The van der Waals surface area contributed by atoms with E-state index in [4.69, 9.17) is 9.47 Å². The molecule has 2 fully saturated rings. The zero-order valence-corrected chi connectivity index (χ0v) is 14.7. The quantitative estimate of drug-likeness (QED) is 0.837. The van der Waals surface area contributed by atoms with Crippen molar-refractivity contribution in [3.8, 4) is 5.75 Å². The highest BCUT2D eigenvalue weighted by atomic mass is 19.1. The number of carbonyl (C=O) groups is 1. The van der Waals surface area contributed by atoms with Gasteiger partial charge in [-0.1, -0.05) is 0 Å². The lowest BCUT2D eigenvalue weighted by Gasteiger charge is -2.37. The van der Waals surface area contributed by atoms with E-state index in [2.05, 4.69) is 5.32 Å². The molecular formula is C19H25F2NO4. The van der Waals surface area contributed by atoms with Crippen LogP contribution in [0.4, 0.5) is 8.78 Å². The van der Waals surface area contributed by atoms with Gasteiger partial charge in [0.25, 0.3) is 0 Å². The van der Waals surface area contributed by atoms with E-state index in [9.17, 15) is 18.7 Å². The molecule has 1 aliphatic heterocycles. The Kier molecular flexibility index (Phi) is 6.09. The SMILES string of the molecule is O=C(NC1CCC(Oc2cc(F)cc(F)c2)CC1)C1(CO)CCOCC1. The molecule has 2 aliphatic rings. The Bertz CT molecular complexity index is 606. The number of rotatable bonds is 5. The molecule has 7 heteroatoms. The lowest BCUT2D eigenvalue weighted by atomic mass is 9.79. The monoisotopic (exact) mass is 369 g/mol. The maximum atomic E-state index is 13.2. The Balaban J connectivity index is 1.49. The number of aliphatic hydroxyl groups is 1. The van der Waals surface area contributed by atoms with Gasteiger partial charge in [0.15, 0.2) is 0 Å². The van der Waals surface area contributed by atoms with Gasteiger partial charge in [0.05, 0.1) is 18.1 Å². The molecule has 1 saturated heterocycles. The van der Waals surface area contributed by atoms with E-state index in [0.717, 1.165) is 18.9 Å². The molecule has 144 valence electrons.